The summed E-state index contributed by atoms with van der Waals surface area (Å²) in [7, 11) is -3.75. The van der Waals surface area contributed by atoms with Crippen molar-refractivity contribution in [1.29, 1.82) is 0 Å². The Morgan fingerprint density at radius 2 is 1.76 bits per heavy atom. The summed E-state index contributed by atoms with van der Waals surface area (Å²) in [6, 6.07) is 5.80. The van der Waals surface area contributed by atoms with Crippen LogP contribution in [0.25, 0.3) is 0 Å². The van der Waals surface area contributed by atoms with Gasteiger partial charge in [-0.05, 0) is 57.9 Å². The van der Waals surface area contributed by atoms with E-state index in [4.69, 9.17) is 9.88 Å². The predicted molar refractivity (Wildman–Crippen MR) is 110 cm³/mol. The molecule has 4 N–H and O–H groups in total. The number of benzene rings is 1. The van der Waals surface area contributed by atoms with Gasteiger partial charge < -0.3 is 20.3 Å². The Morgan fingerprint density at radius 3 is 2.28 bits per heavy atom. The number of carbonyl (C=O) groups excluding carboxylic acids is 2. The third-order valence-electron chi connectivity index (χ3n) is 4.43. The number of ether oxygens (including phenoxy) is 1. The molecular formula is C19H30N4O5S. The summed E-state index contributed by atoms with van der Waals surface area (Å²) in [4.78, 5) is 26.1. The van der Waals surface area contributed by atoms with Crippen LogP contribution in [-0.2, 0) is 19.6 Å². The number of hydrogen-bond acceptors (Lipinski definition) is 6. The molecule has 0 saturated carbocycles. The maximum absolute atomic E-state index is 12.1. The van der Waals surface area contributed by atoms with Crippen molar-refractivity contribution in [2.45, 2.75) is 56.6 Å². The van der Waals surface area contributed by atoms with Gasteiger partial charge in [0.1, 0.15) is 5.60 Å². The molecule has 0 unspecified atom stereocenters. The van der Waals surface area contributed by atoms with Crippen molar-refractivity contribution in [2.24, 2.45) is 5.14 Å². The number of amides is 2. The normalized spacial score (nSPS) is 16.3. The average molecular weight is 427 g/mol. The van der Waals surface area contributed by atoms with Gasteiger partial charge in [-0.15, -0.1) is 0 Å². The minimum Gasteiger partial charge on any atom is -0.444 e. The molecule has 1 fully saturated rings. The fourth-order valence-electron chi connectivity index (χ4n) is 2.99. The quantitative estimate of drug-likeness (QED) is 0.634. The Balaban J connectivity index is 1.69. The van der Waals surface area contributed by atoms with Crippen LogP contribution < -0.4 is 15.8 Å². The number of anilines is 1. The summed E-state index contributed by atoms with van der Waals surface area (Å²) in [6.45, 7) is 7.67. The number of nitrogens with zero attached hydrogens (tertiary/aromatic N) is 1. The summed E-state index contributed by atoms with van der Waals surface area (Å²) >= 11 is 0. The number of carbonyl (C=O) groups is 2. The summed E-state index contributed by atoms with van der Waals surface area (Å²) in [5, 5.41) is 10.7. The third-order valence-corrected chi connectivity index (χ3v) is 5.36. The molecule has 162 valence electrons. The zero-order chi connectivity index (χ0) is 21.7. The zero-order valence-corrected chi connectivity index (χ0v) is 17.9. The molecule has 0 atom stereocenters. The van der Waals surface area contributed by atoms with E-state index in [0.29, 0.717) is 18.7 Å². The number of piperidine rings is 1. The van der Waals surface area contributed by atoms with Gasteiger partial charge in [0.25, 0.3) is 0 Å². The van der Waals surface area contributed by atoms with E-state index < -0.39 is 21.7 Å². The Morgan fingerprint density at radius 1 is 1.17 bits per heavy atom. The van der Waals surface area contributed by atoms with Gasteiger partial charge >= 0.3 is 6.09 Å². The topological polar surface area (TPSA) is 131 Å². The first kappa shape index (κ1) is 23.1. The van der Waals surface area contributed by atoms with Gasteiger partial charge in [-0.2, -0.15) is 0 Å². The second kappa shape index (κ2) is 9.55. The number of alkyl carbamates (subject to hydrolysis) is 1. The molecule has 10 heteroatoms. The monoisotopic (exact) mass is 426 g/mol. The van der Waals surface area contributed by atoms with Crippen LogP contribution in [0.5, 0.6) is 0 Å². The van der Waals surface area contributed by atoms with Gasteiger partial charge in [-0.3, -0.25) is 4.79 Å². The first-order valence-electron chi connectivity index (χ1n) is 9.57. The number of primary sulfonamides is 1. The highest BCUT2D eigenvalue weighted by Gasteiger charge is 2.23. The highest BCUT2D eigenvalue weighted by molar-refractivity contribution is 7.89. The molecule has 1 aliphatic rings. The smallest absolute Gasteiger partial charge is 0.407 e. The highest BCUT2D eigenvalue weighted by atomic mass is 32.2. The zero-order valence-electron chi connectivity index (χ0n) is 17.1. The Bertz CT molecular complexity index is 810. The second-order valence-corrected chi connectivity index (χ2v) is 9.69. The van der Waals surface area contributed by atoms with E-state index >= 15 is 0 Å². The lowest BCUT2D eigenvalue weighted by molar-refractivity contribution is -0.116. The van der Waals surface area contributed by atoms with Crippen LogP contribution >= 0.6 is 0 Å². The molecule has 2 rings (SSSR count). The first-order valence-corrected chi connectivity index (χ1v) is 11.1. The van der Waals surface area contributed by atoms with Gasteiger partial charge in [-0.25, -0.2) is 18.4 Å². The van der Waals surface area contributed by atoms with E-state index in [9.17, 15) is 18.0 Å². The van der Waals surface area contributed by atoms with E-state index in [0.717, 1.165) is 25.9 Å². The predicted octanol–water partition coefficient (Wildman–Crippen LogP) is 1.65. The minimum absolute atomic E-state index is 0.00152. The molecule has 1 saturated heterocycles. The maximum atomic E-state index is 12.1. The van der Waals surface area contributed by atoms with Gasteiger partial charge in [0.05, 0.1) is 4.90 Å². The molecule has 0 spiro atoms. The van der Waals surface area contributed by atoms with Gasteiger partial charge in [0, 0.05) is 37.8 Å². The van der Waals surface area contributed by atoms with Gasteiger partial charge in [-0.1, -0.05) is 0 Å². The minimum atomic E-state index is -3.75. The maximum Gasteiger partial charge on any atom is 0.407 e. The van der Waals surface area contributed by atoms with Crippen LogP contribution in [0.4, 0.5) is 10.5 Å². The molecular weight excluding hydrogens is 396 g/mol. The van der Waals surface area contributed by atoms with E-state index in [1.54, 1.807) is 0 Å². The second-order valence-electron chi connectivity index (χ2n) is 8.13. The number of likely N-dealkylation sites (tertiary alicyclic amines) is 1. The van der Waals surface area contributed by atoms with E-state index in [1.807, 2.05) is 20.8 Å². The highest BCUT2D eigenvalue weighted by Crippen LogP contribution is 2.15. The molecule has 9 nitrogen and oxygen atoms in total. The molecule has 0 aliphatic carbocycles. The van der Waals surface area contributed by atoms with Crippen molar-refractivity contribution in [3.8, 4) is 0 Å². The fourth-order valence-corrected chi connectivity index (χ4v) is 3.50. The van der Waals surface area contributed by atoms with Gasteiger partial charge in [0.15, 0.2) is 0 Å². The van der Waals surface area contributed by atoms with Crippen molar-refractivity contribution in [2.75, 3.05) is 25.0 Å². The largest absolute Gasteiger partial charge is 0.444 e. The van der Waals surface area contributed by atoms with E-state index in [2.05, 4.69) is 15.5 Å². The molecule has 1 heterocycles. The lowest BCUT2D eigenvalue weighted by Gasteiger charge is -2.32. The van der Waals surface area contributed by atoms with Crippen molar-refractivity contribution in [3.63, 3.8) is 0 Å². The number of nitrogens with one attached hydrogen (secondary N) is 2. The Labute approximate surface area is 172 Å². The van der Waals surface area contributed by atoms with Crippen molar-refractivity contribution in [3.05, 3.63) is 24.3 Å². The number of hydrogen-bond donors (Lipinski definition) is 3. The Kier molecular flexibility index (Phi) is 7.61. The summed E-state index contributed by atoms with van der Waals surface area (Å²) in [6.07, 6.45) is 1.52. The molecule has 1 aromatic rings. The van der Waals surface area contributed by atoms with Crippen LogP contribution in [-0.4, -0.2) is 56.6 Å². The molecule has 1 aromatic carbocycles. The van der Waals surface area contributed by atoms with Crippen LogP contribution in [0.15, 0.2) is 29.2 Å². The van der Waals surface area contributed by atoms with Crippen LogP contribution in [0, 0.1) is 0 Å². The number of rotatable bonds is 6. The molecule has 29 heavy (non-hydrogen) atoms. The SMILES string of the molecule is CC(C)(C)OC(=O)NC1CCN(CCC(=O)Nc2ccc(S(N)(=O)=O)cc2)CC1. The summed E-state index contributed by atoms with van der Waals surface area (Å²) in [5.74, 6) is -0.151. The van der Waals surface area contributed by atoms with E-state index in [1.165, 1.54) is 24.3 Å². The number of sulfonamides is 1. The standard InChI is InChI=1S/C19H30N4O5S/c1-19(2,3)28-18(25)22-15-8-11-23(12-9-15)13-10-17(24)21-14-4-6-16(7-5-14)29(20,26)27/h4-7,15H,8-13H2,1-3H3,(H,21,24)(H,22,25)(H2,20,26,27). The lowest BCUT2D eigenvalue weighted by atomic mass is 10.1. The van der Waals surface area contributed by atoms with Gasteiger partial charge in [0.2, 0.25) is 15.9 Å². The molecule has 0 bridgehead atoms. The summed E-state index contributed by atoms with van der Waals surface area (Å²) < 4.78 is 27.8. The molecule has 1 aliphatic heterocycles. The fraction of sp³-hybridized carbons (Fsp3) is 0.579. The third kappa shape index (κ3) is 8.38. The molecule has 0 aromatic heterocycles. The first-order chi connectivity index (χ1) is 13.4. The van der Waals surface area contributed by atoms with Crippen molar-refractivity contribution >= 4 is 27.7 Å². The lowest BCUT2D eigenvalue weighted by Crippen LogP contribution is -2.46. The molecule has 2 amide bonds. The Hall–Kier alpha value is -2.17. The van der Waals surface area contributed by atoms with E-state index in [-0.39, 0.29) is 16.8 Å². The van der Waals surface area contributed by atoms with Crippen molar-refractivity contribution < 1.29 is 22.7 Å². The van der Waals surface area contributed by atoms with Crippen LogP contribution in [0.2, 0.25) is 0 Å². The molecule has 0 radical (unpaired) electrons. The van der Waals surface area contributed by atoms with Crippen LogP contribution in [0.1, 0.15) is 40.0 Å². The average Bonchev–Trinajstić information content (AvgIpc) is 2.59. The number of nitrogens with two attached hydrogens (primary N) is 1. The van der Waals surface area contributed by atoms with Crippen LogP contribution in [0.3, 0.4) is 0 Å². The summed E-state index contributed by atoms with van der Waals surface area (Å²) in [5.41, 5.74) is -0.000463. The van der Waals surface area contributed by atoms with Crippen molar-refractivity contribution in [1.82, 2.24) is 10.2 Å².